The molecule has 0 bridgehead atoms. The Morgan fingerprint density at radius 1 is 0.929 bits per heavy atom. The Morgan fingerprint density at radius 3 is 1.96 bits per heavy atom. The van der Waals surface area contributed by atoms with Crippen LogP contribution in [0.25, 0.3) is 0 Å². The van der Waals surface area contributed by atoms with E-state index in [1.54, 1.807) is 6.07 Å². The van der Waals surface area contributed by atoms with Crippen molar-refractivity contribution in [3.63, 3.8) is 0 Å². The zero-order chi connectivity index (χ0) is 20.4. The third kappa shape index (κ3) is 3.56. The summed E-state index contributed by atoms with van der Waals surface area (Å²) in [7, 11) is 3.05. The van der Waals surface area contributed by atoms with Gasteiger partial charge in [0.15, 0.2) is 11.5 Å². The fourth-order valence-electron chi connectivity index (χ4n) is 3.17. The molecular weight excluding hydrogens is 370 g/mol. The van der Waals surface area contributed by atoms with Gasteiger partial charge in [0.2, 0.25) is 0 Å². The maximum Gasteiger partial charge on any atom is 0.277 e. The number of nitro benzene ring substituents is 2. The van der Waals surface area contributed by atoms with Gasteiger partial charge in [-0.1, -0.05) is 0 Å². The number of hydrogen-bond acceptors (Lipinski definition) is 7. The van der Waals surface area contributed by atoms with Gasteiger partial charge >= 0.3 is 0 Å². The summed E-state index contributed by atoms with van der Waals surface area (Å²) < 4.78 is 10.6. The van der Waals surface area contributed by atoms with Gasteiger partial charge < -0.3 is 14.4 Å². The minimum Gasteiger partial charge on any atom is -0.493 e. The number of methoxy groups -OCH3 is 2. The van der Waals surface area contributed by atoms with Gasteiger partial charge in [0.05, 0.1) is 35.7 Å². The molecule has 10 heteroatoms. The molecule has 0 atom stereocenters. The summed E-state index contributed by atoms with van der Waals surface area (Å²) in [5, 5.41) is 22.1. The summed E-state index contributed by atoms with van der Waals surface area (Å²) in [6.45, 7) is 0.628. The molecule has 2 aromatic rings. The molecule has 10 nitrogen and oxygen atoms in total. The van der Waals surface area contributed by atoms with Crippen LogP contribution in [0.3, 0.4) is 0 Å². The van der Waals surface area contributed by atoms with Gasteiger partial charge in [0, 0.05) is 25.2 Å². The lowest BCUT2D eigenvalue weighted by Gasteiger charge is -2.29. The molecule has 0 radical (unpaired) electrons. The van der Waals surface area contributed by atoms with Crippen LogP contribution in [-0.2, 0) is 13.0 Å². The SMILES string of the molecule is COc1cc2c(cc1OC)CN(C(=O)c1cc([N+](=O)[O-])cc([N+](=O)[O-])c1)CC2. The van der Waals surface area contributed by atoms with E-state index in [1.807, 2.05) is 6.07 Å². The molecule has 0 aromatic heterocycles. The molecule has 146 valence electrons. The smallest absolute Gasteiger partial charge is 0.277 e. The molecule has 0 saturated heterocycles. The van der Waals surface area contributed by atoms with Crippen LogP contribution in [-0.4, -0.2) is 41.4 Å². The summed E-state index contributed by atoms with van der Waals surface area (Å²) in [6.07, 6.45) is 0.554. The van der Waals surface area contributed by atoms with Crippen molar-refractivity contribution in [2.24, 2.45) is 0 Å². The van der Waals surface area contributed by atoms with Crippen LogP contribution < -0.4 is 9.47 Å². The minimum atomic E-state index is -0.758. The van der Waals surface area contributed by atoms with Crippen LogP contribution in [0.4, 0.5) is 11.4 Å². The molecule has 0 unspecified atom stereocenters. The first-order valence-electron chi connectivity index (χ1n) is 8.31. The predicted octanol–water partition coefficient (Wildman–Crippen LogP) is 2.72. The molecule has 1 aliphatic rings. The van der Waals surface area contributed by atoms with Gasteiger partial charge in [-0.25, -0.2) is 0 Å². The standard InChI is InChI=1S/C18H17N3O7/c1-27-16-7-11-3-4-19(10-13(11)8-17(16)28-2)18(22)12-5-14(20(23)24)9-15(6-12)21(25)26/h5-9H,3-4,10H2,1-2H3. The van der Waals surface area contributed by atoms with Crippen molar-refractivity contribution in [1.29, 1.82) is 0 Å². The average Bonchev–Trinajstić information content (AvgIpc) is 2.71. The molecule has 1 aliphatic heterocycles. The molecule has 3 rings (SSSR count). The number of nitro groups is 2. The second-order valence-electron chi connectivity index (χ2n) is 6.20. The Balaban J connectivity index is 1.93. The summed E-state index contributed by atoms with van der Waals surface area (Å²) in [6, 6.07) is 6.58. The highest BCUT2D eigenvalue weighted by Gasteiger charge is 2.27. The third-order valence-electron chi connectivity index (χ3n) is 4.58. The first kappa shape index (κ1) is 19.1. The summed E-state index contributed by atoms with van der Waals surface area (Å²) in [5.41, 5.74) is 0.775. The quantitative estimate of drug-likeness (QED) is 0.570. The van der Waals surface area contributed by atoms with E-state index < -0.39 is 27.1 Å². The maximum atomic E-state index is 12.9. The molecule has 0 spiro atoms. The largest absolute Gasteiger partial charge is 0.493 e. The van der Waals surface area contributed by atoms with E-state index in [0.717, 1.165) is 29.3 Å². The minimum absolute atomic E-state index is 0.0928. The predicted molar refractivity (Wildman–Crippen MR) is 97.7 cm³/mol. The van der Waals surface area contributed by atoms with Gasteiger partial charge in [-0.15, -0.1) is 0 Å². The van der Waals surface area contributed by atoms with E-state index in [2.05, 4.69) is 0 Å². The molecule has 0 fully saturated rings. The number of carbonyl (C=O) groups excluding carboxylic acids is 1. The second kappa shape index (κ2) is 7.51. The fraction of sp³-hybridized carbons (Fsp3) is 0.278. The monoisotopic (exact) mass is 387 g/mol. The van der Waals surface area contributed by atoms with Crippen LogP contribution in [0.1, 0.15) is 21.5 Å². The molecule has 0 saturated carbocycles. The van der Waals surface area contributed by atoms with E-state index in [-0.39, 0.29) is 12.1 Å². The molecule has 0 N–H and O–H groups in total. The van der Waals surface area contributed by atoms with E-state index in [0.29, 0.717) is 24.5 Å². The fourth-order valence-corrected chi connectivity index (χ4v) is 3.17. The Kier molecular flexibility index (Phi) is 5.12. The number of nitrogens with zero attached hydrogens (tertiary/aromatic N) is 3. The van der Waals surface area contributed by atoms with Crippen molar-refractivity contribution in [2.45, 2.75) is 13.0 Å². The number of benzene rings is 2. The van der Waals surface area contributed by atoms with Gasteiger partial charge in [0.25, 0.3) is 17.3 Å². The van der Waals surface area contributed by atoms with E-state index in [1.165, 1.54) is 19.1 Å². The molecular formula is C18H17N3O7. The number of hydrogen-bond donors (Lipinski definition) is 0. The Labute approximate surface area is 159 Å². The van der Waals surface area contributed by atoms with Crippen molar-refractivity contribution < 1.29 is 24.1 Å². The van der Waals surface area contributed by atoms with E-state index >= 15 is 0 Å². The van der Waals surface area contributed by atoms with Crippen LogP contribution in [0.2, 0.25) is 0 Å². The highest BCUT2D eigenvalue weighted by Crippen LogP contribution is 2.34. The molecule has 2 aromatic carbocycles. The lowest BCUT2D eigenvalue weighted by Crippen LogP contribution is -2.36. The highest BCUT2D eigenvalue weighted by molar-refractivity contribution is 5.95. The van der Waals surface area contributed by atoms with Gasteiger partial charge in [-0.05, 0) is 29.7 Å². The highest BCUT2D eigenvalue weighted by atomic mass is 16.6. The topological polar surface area (TPSA) is 125 Å². The third-order valence-corrected chi connectivity index (χ3v) is 4.58. The van der Waals surface area contributed by atoms with Gasteiger partial charge in [-0.2, -0.15) is 0 Å². The van der Waals surface area contributed by atoms with Crippen molar-refractivity contribution in [1.82, 2.24) is 4.90 Å². The van der Waals surface area contributed by atoms with Crippen LogP contribution in [0.5, 0.6) is 11.5 Å². The lowest BCUT2D eigenvalue weighted by atomic mass is 9.98. The Morgan fingerprint density at radius 2 is 1.46 bits per heavy atom. The van der Waals surface area contributed by atoms with Crippen molar-refractivity contribution >= 4 is 17.3 Å². The number of rotatable bonds is 5. The Hall–Kier alpha value is -3.69. The molecule has 28 heavy (non-hydrogen) atoms. The Bertz CT molecular complexity index is 942. The summed E-state index contributed by atoms with van der Waals surface area (Å²) >= 11 is 0. The number of ether oxygens (including phenoxy) is 2. The maximum absolute atomic E-state index is 12.9. The van der Waals surface area contributed by atoms with Gasteiger partial charge in [-0.3, -0.25) is 25.0 Å². The zero-order valence-corrected chi connectivity index (χ0v) is 15.2. The number of fused-ring (bicyclic) bond motifs is 1. The van der Waals surface area contributed by atoms with Crippen LogP contribution >= 0.6 is 0 Å². The average molecular weight is 387 g/mol. The van der Waals surface area contributed by atoms with Crippen molar-refractivity contribution in [3.8, 4) is 11.5 Å². The number of non-ortho nitro benzene ring substituents is 2. The summed E-state index contributed by atoms with van der Waals surface area (Å²) in [5.74, 6) is 0.615. The first-order valence-corrected chi connectivity index (χ1v) is 8.31. The zero-order valence-electron chi connectivity index (χ0n) is 15.2. The van der Waals surface area contributed by atoms with Crippen molar-refractivity contribution in [2.75, 3.05) is 20.8 Å². The normalized spacial score (nSPS) is 12.9. The number of carbonyl (C=O) groups is 1. The van der Waals surface area contributed by atoms with E-state index in [9.17, 15) is 25.0 Å². The second-order valence-corrected chi connectivity index (χ2v) is 6.20. The van der Waals surface area contributed by atoms with Crippen molar-refractivity contribution in [3.05, 3.63) is 67.3 Å². The van der Waals surface area contributed by atoms with Crippen LogP contribution in [0.15, 0.2) is 30.3 Å². The summed E-state index contributed by atoms with van der Waals surface area (Å²) in [4.78, 5) is 35.0. The van der Waals surface area contributed by atoms with Crippen LogP contribution in [0, 0.1) is 20.2 Å². The number of amides is 1. The first-order chi connectivity index (χ1) is 13.3. The van der Waals surface area contributed by atoms with E-state index in [4.69, 9.17) is 9.47 Å². The molecule has 1 heterocycles. The van der Waals surface area contributed by atoms with Gasteiger partial charge in [0.1, 0.15) is 0 Å². The lowest BCUT2D eigenvalue weighted by molar-refractivity contribution is -0.394. The molecule has 0 aliphatic carbocycles. The molecule has 1 amide bonds.